The molecule has 0 saturated heterocycles. The molecule has 6 heteroatoms. The van der Waals surface area contributed by atoms with Gasteiger partial charge in [-0.3, -0.25) is 4.79 Å². The quantitative estimate of drug-likeness (QED) is 0.731. The number of hydrogen-bond donors (Lipinski definition) is 1. The highest BCUT2D eigenvalue weighted by Gasteiger charge is 2.19. The number of aromatic nitrogens is 3. The third-order valence-corrected chi connectivity index (χ3v) is 1.81. The van der Waals surface area contributed by atoms with E-state index >= 15 is 0 Å². The topological polar surface area (TPSA) is 71.2 Å². The van der Waals surface area contributed by atoms with Crippen LogP contribution in [0.25, 0.3) is 0 Å². The van der Waals surface area contributed by atoms with Crippen molar-refractivity contribution in [2.24, 2.45) is 0 Å². The Bertz CT molecular complexity index is 315. The average Bonchev–Trinajstić information content (AvgIpc) is 2.53. The van der Waals surface area contributed by atoms with Gasteiger partial charge in [-0.25, -0.2) is 9.67 Å². The van der Waals surface area contributed by atoms with Gasteiger partial charge in [0.1, 0.15) is 19.2 Å². The molecule has 0 aliphatic heterocycles. The highest BCUT2D eigenvalue weighted by atomic mass is 16.3. The predicted molar refractivity (Wildman–Crippen MR) is 54.0 cm³/mol. The van der Waals surface area contributed by atoms with Gasteiger partial charge >= 0.3 is 0 Å². The van der Waals surface area contributed by atoms with Crippen LogP contribution in [0.4, 0.5) is 0 Å². The first kappa shape index (κ1) is 11.6. The fourth-order valence-electron chi connectivity index (χ4n) is 1.24. The lowest BCUT2D eigenvalue weighted by Crippen LogP contribution is -2.41. The number of carbonyl (C=O) groups is 1. The maximum atomic E-state index is 11.6. The zero-order valence-corrected chi connectivity index (χ0v) is 9.21. The molecule has 1 N–H and O–H groups in total. The van der Waals surface area contributed by atoms with Crippen molar-refractivity contribution in [2.75, 3.05) is 13.6 Å². The first-order valence-electron chi connectivity index (χ1n) is 4.67. The Kier molecular flexibility index (Phi) is 3.41. The van der Waals surface area contributed by atoms with Gasteiger partial charge in [-0.15, -0.1) is 0 Å². The number of likely N-dealkylation sites (N-methyl/N-ethyl adjacent to an activating group) is 1. The molecule has 0 saturated carbocycles. The molecular weight excluding hydrogens is 196 g/mol. The molecule has 6 nitrogen and oxygen atoms in total. The first-order chi connectivity index (χ1) is 6.88. The Hall–Kier alpha value is -1.43. The summed E-state index contributed by atoms with van der Waals surface area (Å²) in [5.41, 5.74) is -0.882. The summed E-state index contributed by atoms with van der Waals surface area (Å²) in [7, 11) is 1.65. The zero-order chi connectivity index (χ0) is 11.5. The van der Waals surface area contributed by atoms with Gasteiger partial charge in [0, 0.05) is 13.6 Å². The number of rotatable bonds is 4. The van der Waals surface area contributed by atoms with E-state index in [1.54, 1.807) is 20.9 Å². The van der Waals surface area contributed by atoms with Crippen molar-refractivity contribution in [3.8, 4) is 0 Å². The molecule has 84 valence electrons. The van der Waals surface area contributed by atoms with Crippen LogP contribution in [0.15, 0.2) is 12.7 Å². The average molecular weight is 212 g/mol. The maximum absolute atomic E-state index is 11.6. The fourth-order valence-corrected chi connectivity index (χ4v) is 1.24. The molecule has 0 bridgehead atoms. The minimum absolute atomic E-state index is 0.109. The standard InChI is InChI=1S/C9H16N4O2/c1-9(2,15)5-12(3)8(14)4-13-7-10-6-11-13/h6-7,15H,4-5H2,1-3H3. The molecule has 0 radical (unpaired) electrons. The smallest absolute Gasteiger partial charge is 0.244 e. The molecule has 1 rings (SSSR count). The van der Waals surface area contributed by atoms with Gasteiger partial charge in [0.2, 0.25) is 5.91 Å². The van der Waals surface area contributed by atoms with Crippen molar-refractivity contribution in [2.45, 2.75) is 26.0 Å². The summed E-state index contributed by atoms with van der Waals surface area (Å²) in [4.78, 5) is 16.8. The first-order valence-corrected chi connectivity index (χ1v) is 4.67. The van der Waals surface area contributed by atoms with Gasteiger partial charge in [-0.1, -0.05) is 0 Å². The Labute approximate surface area is 88.5 Å². The van der Waals surface area contributed by atoms with E-state index in [-0.39, 0.29) is 12.5 Å². The third-order valence-electron chi connectivity index (χ3n) is 1.81. The summed E-state index contributed by atoms with van der Waals surface area (Å²) >= 11 is 0. The van der Waals surface area contributed by atoms with Crippen LogP contribution in [0.3, 0.4) is 0 Å². The van der Waals surface area contributed by atoms with E-state index in [4.69, 9.17) is 0 Å². The summed E-state index contributed by atoms with van der Waals surface area (Å²) in [6.07, 6.45) is 2.86. The minimum Gasteiger partial charge on any atom is -0.389 e. The van der Waals surface area contributed by atoms with Gasteiger partial charge in [0.25, 0.3) is 0 Å². The molecule has 0 aliphatic rings. The van der Waals surface area contributed by atoms with Crippen LogP contribution >= 0.6 is 0 Å². The van der Waals surface area contributed by atoms with E-state index < -0.39 is 5.60 Å². The van der Waals surface area contributed by atoms with E-state index in [0.29, 0.717) is 6.54 Å². The zero-order valence-electron chi connectivity index (χ0n) is 9.21. The van der Waals surface area contributed by atoms with Crippen molar-refractivity contribution in [3.63, 3.8) is 0 Å². The summed E-state index contributed by atoms with van der Waals surface area (Å²) < 4.78 is 1.45. The molecule has 0 atom stereocenters. The second kappa shape index (κ2) is 4.39. The van der Waals surface area contributed by atoms with E-state index in [1.807, 2.05) is 0 Å². The van der Waals surface area contributed by atoms with Crippen LogP contribution in [0.5, 0.6) is 0 Å². The van der Waals surface area contributed by atoms with E-state index in [0.717, 1.165) is 0 Å². The van der Waals surface area contributed by atoms with E-state index in [9.17, 15) is 9.90 Å². The molecule has 0 fully saturated rings. The van der Waals surface area contributed by atoms with Crippen LogP contribution in [0.1, 0.15) is 13.8 Å². The fraction of sp³-hybridized carbons (Fsp3) is 0.667. The Morgan fingerprint density at radius 2 is 2.27 bits per heavy atom. The molecule has 0 aromatic carbocycles. The minimum atomic E-state index is -0.882. The number of aliphatic hydroxyl groups is 1. The Morgan fingerprint density at radius 1 is 1.60 bits per heavy atom. The van der Waals surface area contributed by atoms with Crippen molar-refractivity contribution in [1.29, 1.82) is 0 Å². The van der Waals surface area contributed by atoms with Gasteiger partial charge < -0.3 is 10.0 Å². The van der Waals surface area contributed by atoms with E-state index in [1.165, 1.54) is 22.2 Å². The number of carbonyl (C=O) groups excluding carboxylic acids is 1. The molecule has 0 unspecified atom stereocenters. The molecule has 0 spiro atoms. The van der Waals surface area contributed by atoms with Crippen molar-refractivity contribution in [1.82, 2.24) is 19.7 Å². The summed E-state index contributed by atoms with van der Waals surface area (Å²) in [5.74, 6) is -0.109. The highest BCUT2D eigenvalue weighted by Crippen LogP contribution is 2.03. The van der Waals surface area contributed by atoms with Gasteiger partial charge in [0.15, 0.2) is 0 Å². The lowest BCUT2D eigenvalue weighted by Gasteiger charge is -2.25. The van der Waals surface area contributed by atoms with Crippen LogP contribution in [-0.2, 0) is 11.3 Å². The second-order valence-corrected chi connectivity index (χ2v) is 4.16. The van der Waals surface area contributed by atoms with Crippen molar-refractivity contribution >= 4 is 5.91 Å². The van der Waals surface area contributed by atoms with Crippen molar-refractivity contribution in [3.05, 3.63) is 12.7 Å². The third kappa shape index (κ3) is 4.07. The molecule has 1 aromatic rings. The van der Waals surface area contributed by atoms with Crippen LogP contribution in [0, 0.1) is 0 Å². The summed E-state index contributed by atoms with van der Waals surface area (Å²) in [6, 6.07) is 0. The Balaban J connectivity index is 2.47. The Morgan fingerprint density at radius 3 is 2.73 bits per heavy atom. The molecule has 15 heavy (non-hydrogen) atoms. The lowest BCUT2D eigenvalue weighted by atomic mass is 10.1. The van der Waals surface area contributed by atoms with Gasteiger partial charge in [-0.2, -0.15) is 5.10 Å². The predicted octanol–water partition coefficient (Wildman–Crippen LogP) is -0.493. The van der Waals surface area contributed by atoms with Crippen molar-refractivity contribution < 1.29 is 9.90 Å². The monoisotopic (exact) mass is 212 g/mol. The number of amides is 1. The number of hydrogen-bond acceptors (Lipinski definition) is 4. The SMILES string of the molecule is CN(CC(C)(C)O)C(=O)Cn1cncn1. The maximum Gasteiger partial charge on any atom is 0.244 e. The highest BCUT2D eigenvalue weighted by molar-refractivity contribution is 5.75. The summed E-state index contributed by atoms with van der Waals surface area (Å²) in [6.45, 7) is 3.76. The van der Waals surface area contributed by atoms with E-state index in [2.05, 4.69) is 10.1 Å². The van der Waals surface area contributed by atoms with Gasteiger partial charge in [-0.05, 0) is 13.8 Å². The molecule has 0 aliphatic carbocycles. The van der Waals surface area contributed by atoms with Gasteiger partial charge in [0.05, 0.1) is 5.60 Å². The summed E-state index contributed by atoms with van der Waals surface area (Å²) in [5, 5.41) is 13.4. The molecule has 1 aromatic heterocycles. The second-order valence-electron chi connectivity index (χ2n) is 4.16. The molecule has 1 heterocycles. The van der Waals surface area contributed by atoms with Crippen LogP contribution in [0.2, 0.25) is 0 Å². The van der Waals surface area contributed by atoms with Crippen LogP contribution in [-0.4, -0.2) is 49.9 Å². The molecule has 1 amide bonds. The lowest BCUT2D eigenvalue weighted by molar-refractivity contribution is -0.133. The molecular formula is C9H16N4O2. The van der Waals surface area contributed by atoms with Crippen LogP contribution < -0.4 is 0 Å². The normalized spacial score (nSPS) is 11.5. The number of nitrogens with zero attached hydrogens (tertiary/aromatic N) is 4. The largest absolute Gasteiger partial charge is 0.389 e.